The highest BCUT2D eigenvalue weighted by atomic mass is 15.0. The minimum absolute atomic E-state index is 0.952. The molecule has 12 heavy (non-hydrogen) atoms. The third-order valence-corrected chi connectivity index (χ3v) is 1.13. The van der Waals surface area contributed by atoms with E-state index in [1.807, 2.05) is 50.3 Å². The normalized spacial score (nSPS) is 12.8. The second-order valence-electron chi connectivity index (χ2n) is 2.62. The highest BCUT2D eigenvalue weighted by molar-refractivity contribution is 5.93. The van der Waals surface area contributed by atoms with E-state index in [2.05, 4.69) is 11.6 Å². The van der Waals surface area contributed by atoms with Crippen LogP contribution in [0.4, 0.5) is 0 Å². The summed E-state index contributed by atoms with van der Waals surface area (Å²) in [6.45, 7) is 5.44. The van der Waals surface area contributed by atoms with Crippen molar-refractivity contribution in [3.8, 4) is 0 Å². The van der Waals surface area contributed by atoms with Crippen molar-refractivity contribution in [2.45, 2.75) is 6.92 Å². The van der Waals surface area contributed by atoms with Crippen LogP contribution in [0.25, 0.3) is 0 Å². The molecule has 0 rings (SSSR count). The van der Waals surface area contributed by atoms with E-state index in [0.29, 0.717) is 0 Å². The summed E-state index contributed by atoms with van der Waals surface area (Å²) in [4.78, 5) is 5.96. The van der Waals surface area contributed by atoms with Gasteiger partial charge in [0.25, 0.3) is 0 Å². The van der Waals surface area contributed by atoms with Gasteiger partial charge in [-0.2, -0.15) is 0 Å². The summed E-state index contributed by atoms with van der Waals surface area (Å²) >= 11 is 0. The Labute approximate surface area is 74.6 Å². The fraction of sp³-hybridized carbons (Fsp3) is 0.300. The second-order valence-corrected chi connectivity index (χ2v) is 2.62. The van der Waals surface area contributed by atoms with Crippen LogP contribution in [-0.4, -0.2) is 24.7 Å². The first-order valence-electron chi connectivity index (χ1n) is 3.83. The molecule has 66 valence electrons. The summed E-state index contributed by atoms with van der Waals surface area (Å²) in [5.41, 5.74) is 0.952. The van der Waals surface area contributed by atoms with Crippen LogP contribution in [0.2, 0.25) is 0 Å². The van der Waals surface area contributed by atoms with Gasteiger partial charge < -0.3 is 4.90 Å². The molecule has 0 aliphatic carbocycles. The Morgan fingerprint density at radius 3 is 2.50 bits per heavy atom. The third kappa shape index (κ3) is 6.81. The minimum atomic E-state index is 0.952. The third-order valence-electron chi connectivity index (χ3n) is 1.13. The highest BCUT2D eigenvalue weighted by Crippen LogP contribution is 1.84. The first kappa shape index (κ1) is 10.7. The minimum Gasteiger partial charge on any atom is -0.383 e. The van der Waals surface area contributed by atoms with Gasteiger partial charge in [0.2, 0.25) is 0 Å². The van der Waals surface area contributed by atoms with Gasteiger partial charge in [-0.15, -0.1) is 0 Å². The van der Waals surface area contributed by atoms with Gasteiger partial charge in [-0.05, 0) is 25.3 Å². The van der Waals surface area contributed by atoms with Gasteiger partial charge in [0.05, 0.1) is 0 Å². The topological polar surface area (TPSA) is 15.6 Å². The van der Waals surface area contributed by atoms with Crippen LogP contribution in [0.5, 0.6) is 0 Å². The molecule has 0 aromatic rings. The molecule has 2 nitrogen and oxygen atoms in total. The van der Waals surface area contributed by atoms with Crippen LogP contribution in [0.1, 0.15) is 6.92 Å². The van der Waals surface area contributed by atoms with E-state index in [9.17, 15) is 0 Å². The van der Waals surface area contributed by atoms with Crippen LogP contribution >= 0.6 is 0 Å². The number of aliphatic imine (C=N–C) groups is 1. The predicted octanol–water partition coefficient (Wildman–Crippen LogP) is 2.22. The van der Waals surface area contributed by atoms with Gasteiger partial charge in [0, 0.05) is 26.0 Å². The van der Waals surface area contributed by atoms with E-state index >= 15 is 0 Å². The van der Waals surface area contributed by atoms with E-state index in [-0.39, 0.29) is 0 Å². The first-order chi connectivity index (χ1) is 5.66. The largest absolute Gasteiger partial charge is 0.383 e. The van der Waals surface area contributed by atoms with Crippen molar-refractivity contribution in [3.05, 3.63) is 37.2 Å². The smallest absolute Gasteiger partial charge is 0.0372 e. The number of allylic oxidation sites excluding steroid dienone is 3. The summed E-state index contributed by atoms with van der Waals surface area (Å²) < 4.78 is 0. The molecule has 0 atom stereocenters. The summed E-state index contributed by atoms with van der Waals surface area (Å²) in [5, 5.41) is 0. The zero-order valence-corrected chi connectivity index (χ0v) is 7.99. The van der Waals surface area contributed by atoms with Crippen LogP contribution < -0.4 is 0 Å². The van der Waals surface area contributed by atoms with E-state index < -0.39 is 0 Å². The van der Waals surface area contributed by atoms with Crippen molar-refractivity contribution in [1.82, 2.24) is 4.90 Å². The van der Waals surface area contributed by atoms with Gasteiger partial charge in [-0.1, -0.05) is 12.7 Å². The van der Waals surface area contributed by atoms with E-state index in [1.165, 1.54) is 6.20 Å². The van der Waals surface area contributed by atoms with Crippen LogP contribution in [-0.2, 0) is 0 Å². The molecule has 0 bridgehead atoms. The summed E-state index contributed by atoms with van der Waals surface area (Å²) in [5.74, 6) is 0. The standard InChI is InChI=1S/C10H16N2/c1-5-11-10(2)8-6-7-9-12(3)4/h5-9H,1H2,2-4H3/b8-6+,9-7+,11-10-. The number of hydrogen-bond donors (Lipinski definition) is 0. The molecule has 0 aromatic heterocycles. The molecule has 0 saturated heterocycles. The molecule has 2 heteroatoms. The fourth-order valence-electron chi connectivity index (χ4n) is 0.604. The van der Waals surface area contributed by atoms with Crippen molar-refractivity contribution in [2.75, 3.05) is 14.1 Å². The molecule has 0 unspecified atom stereocenters. The maximum Gasteiger partial charge on any atom is 0.0372 e. The average molecular weight is 164 g/mol. The first-order valence-corrected chi connectivity index (χ1v) is 3.83. The Balaban J connectivity index is 3.91. The molecule has 0 saturated carbocycles. The summed E-state index contributed by atoms with van der Waals surface area (Å²) in [7, 11) is 3.96. The lowest BCUT2D eigenvalue weighted by molar-refractivity contribution is 0.564. The maximum atomic E-state index is 3.99. The van der Waals surface area contributed by atoms with Crippen LogP contribution in [0.15, 0.2) is 42.2 Å². The number of hydrogen-bond acceptors (Lipinski definition) is 2. The molecule has 0 aromatic carbocycles. The maximum absolute atomic E-state index is 3.99. The van der Waals surface area contributed by atoms with Gasteiger partial charge in [0.15, 0.2) is 0 Å². The molecular weight excluding hydrogens is 148 g/mol. The Hall–Kier alpha value is -1.31. The molecule has 0 fully saturated rings. The molecule has 0 N–H and O–H groups in total. The van der Waals surface area contributed by atoms with E-state index in [4.69, 9.17) is 0 Å². The SMILES string of the molecule is C=C\N=C(C)/C=C/C=C/N(C)C. The second kappa shape index (κ2) is 6.40. The predicted molar refractivity (Wildman–Crippen MR) is 55.3 cm³/mol. The number of rotatable bonds is 4. The molecule has 0 spiro atoms. The molecular formula is C10H16N2. The molecule has 0 radical (unpaired) electrons. The quantitative estimate of drug-likeness (QED) is 0.459. The monoisotopic (exact) mass is 164 g/mol. The zero-order valence-electron chi connectivity index (χ0n) is 7.99. The Kier molecular flexibility index (Phi) is 5.70. The summed E-state index contributed by atoms with van der Waals surface area (Å²) in [6.07, 6.45) is 9.35. The van der Waals surface area contributed by atoms with Crippen LogP contribution in [0, 0.1) is 0 Å². The van der Waals surface area contributed by atoms with E-state index in [1.54, 1.807) is 0 Å². The van der Waals surface area contributed by atoms with E-state index in [0.717, 1.165) is 5.71 Å². The van der Waals surface area contributed by atoms with Gasteiger partial charge in [0.1, 0.15) is 0 Å². The van der Waals surface area contributed by atoms with Crippen molar-refractivity contribution in [3.63, 3.8) is 0 Å². The molecule has 0 heterocycles. The van der Waals surface area contributed by atoms with Crippen molar-refractivity contribution in [2.24, 2.45) is 4.99 Å². The molecule has 0 amide bonds. The Morgan fingerprint density at radius 2 is 2.00 bits per heavy atom. The fourth-order valence-corrected chi connectivity index (χ4v) is 0.604. The van der Waals surface area contributed by atoms with Gasteiger partial charge in [-0.3, -0.25) is 4.99 Å². The van der Waals surface area contributed by atoms with Gasteiger partial charge in [-0.25, -0.2) is 0 Å². The van der Waals surface area contributed by atoms with Crippen molar-refractivity contribution >= 4 is 5.71 Å². The Bertz CT molecular complexity index is 210. The number of nitrogens with zero attached hydrogens (tertiary/aromatic N) is 2. The average Bonchev–Trinajstić information content (AvgIpc) is 1.98. The lowest BCUT2D eigenvalue weighted by Gasteiger charge is -2.00. The summed E-state index contributed by atoms with van der Waals surface area (Å²) in [6, 6.07) is 0. The van der Waals surface area contributed by atoms with Crippen molar-refractivity contribution in [1.29, 1.82) is 0 Å². The highest BCUT2D eigenvalue weighted by Gasteiger charge is 1.77. The van der Waals surface area contributed by atoms with Crippen LogP contribution in [0.3, 0.4) is 0 Å². The van der Waals surface area contributed by atoms with Gasteiger partial charge >= 0.3 is 0 Å². The van der Waals surface area contributed by atoms with Crippen molar-refractivity contribution < 1.29 is 0 Å². The molecule has 0 aliphatic heterocycles. The lowest BCUT2D eigenvalue weighted by atomic mass is 10.3. The zero-order chi connectivity index (χ0) is 9.40. The Morgan fingerprint density at radius 1 is 1.33 bits per heavy atom. The molecule has 0 aliphatic rings. The lowest BCUT2D eigenvalue weighted by Crippen LogP contribution is -1.99.